The summed E-state index contributed by atoms with van der Waals surface area (Å²) in [6.45, 7) is 0.690. The summed E-state index contributed by atoms with van der Waals surface area (Å²) < 4.78 is 0.670. The van der Waals surface area contributed by atoms with E-state index in [1.807, 2.05) is 60.2 Å². The summed E-state index contributed by atoms with van der Waals surface area (Å²) >= 11 is 10.3. The first-order valence-corrected chi connectivity index (χ1v) is 13.8. The van der Waals surface area contributed by atoms with Crippen LogP contribution >= 0.6 is 47.1 Å². The van der Waals surface area contributed by atoms with Crippen molar-refractivity contribution < 1.29 is 9.59 Å². The molecule has 0 aliphatic carbocycles. The number of thioether (sulfide) groups is 2. The van der Waals surface area contributed by atoms with E-state index in [1.54, 1.807) is 29.2 Å². The summed E-state index contributed by atoms with van der Waals surface area (Å²) in [5, 5.41) is 5.31. The predicted molar refractivity (Wildman–Crippen MR) is 145 cm³/mol. The summed E-state index contributed by atoms with van der Waals surface area (Å²) in [5.41, 5.74) is 7.78. The van der Waals surface area contributed by atoms with Gasteiger partial charge >= 0.3 is 0 Å². The minimum Gasteiger partial charge on any atom is -0.366 e. The van der Waals surface area contributed by atoms with Crippen LogP contribution in [0.5, 0.6) is 0 Å². The molecule has 2 aromatic carbocycles. The summed E-state index contributed by atoms with van der Waals surface area (Å²) in [5.74, 6) is 0.535. The Morgan fingerprint density at radius 1 is 1.15 bits per heavy atom. The van der Waals surface area contributed by atoms with Crippen LogP contribution in [0.3, 0.4) is 0 Å². The molecule has 33 heavy (non-hydrogen) atoms. The van der Waals surface area contributed by atoms with Crippen molar-refractivity contribution in [3.63, 3.8) is 0 Å². The fourth-order valence-corrected chi connectivity index (χ4v) is 5.17. The zero-order valence-corrected chi connectivity index (χ0v) is 21.3. The maximum atomic E-state index is 13.0. The molecule has 3 N–H and O–H groups in total. The number of nitrogens with one attached hydrogen (secondary N) is 3. The summed E-state index contributed by atoms with van der Waals surface area (Å²) in [6, 6.07) is 19.0. The molecular weight excluding hydrogens is 491 g/mol. The van der Waals surface area contributed by atoms with Crippen molar-refractivity contribution in [3.8, 4) is 11.1 Å². The number of carbonyl (C=O) groups is 2. The van der Waals surface area contributed by atoms with Gasteiger partial charge in [0.25, 0.3) is 5.91 Å². The molecule has 9 heteroatoms. The molecule has 172 valence electrons. The van der Waals surface area contributed by atoms with E-state index in [0.29, 0.717) is 22.8 Å². The third kappa shape index (κ3) is 7.97. The number of hydrazine groups is 1. The second-order valence-electron chi connectivity index (χ2n) is 7.02. The molecule has 3 rings (SSSR count). The Balaban J connectivity index is 1.74. The Bertz CT molecular complexity index is 1060. The van der Waals surface area contributed by atoms with Gasteiger partial charge in [0.15, 0.2) is 0 Å². The standard InChI is InChI=1S/C24H25N3O2S4/c1-31-13-11-18(16-28)26-27-23(29)21-10-9-19(14-22(21)17-6-3-2-4-7-17)33-24(30)25-15-20-8-5-12-32-20/h2-10,12,14,16,18,26H,11,13,15H2,1H3,(H,25,30)(H,27,29)/t18-/m1/s1. The minimum absolute atomic E-state index is 0.292. The van der Waals surface area contributed by atoms with Crippen molar-refractivity contribution in [3.05, 3.63) is 76.5 Å². The fraction of sp³-hybridized carbons (Fsp3) is 0.208. The van der Waals surface area contributed by atoms with E-state index < -0.39 is 6.04 Å². The smallest absolute Gasteiger partial charge is 0.266 e. The number of amides is 1. The van der Waals surface area contributed by atoms with Crippen molar-refractivity contribution in [2.75, 3.05) is 12.0 Å². The first kappa shape index (κ1) is 25.5. The third-order valence-corrected chi connectivity index (χ3v) is 7.42. The highest BCUT2D eigenvalue weighted by Crippen LogP contribution is 2.30. The number of carbonyl (C=O) groups excluding carboxylic acids is 2. The van der Waals surface area contributed by atoms with E-state index in [1.165, 1.54) is 16.6 Å². The van der Waals surface area contributed by atoms with Gasteiger partial charge in [0.05, 0.1) is 12.6 Å². The van der Waals surface area contributed by atoms with Gasteiger partial charge in [-0.15, -0.1) is 11.3 Å². The van der Waals surface area contributed by atoms with Gasteiger partial charge in [-0.2, -0.15) is 11.8 Å². The highest BCUT2D eigenvalue weighted by atomic mass is 32.2. The molecule has 1 heterocycles. The van der Waals surface area contributed by atoms with Crippen LogP contribution in [0.15, 0.2) is 70.9 Å². The van der Waals surface area contributed by atoms with E-state index in [2.05, 4.69) is 22.2 Å². The minimum atomic E-state index is -0.428. The van der Waals surface area contributed by atoms with Crippen LogP contribution in [0.1, 0.15) is 21.7 Å². The lowest BCUT2D eigenvalue weighted by Crippen LogP contribution is -2.45. The van der Waals surface area contributed by atoms with Gasteiger partial charge in [0, 0.05) is 15.3 Å². The van der Waals surface area contributed by atoms with Crippen molar-refractivity contribution in [2.45, 2.75) is 23.9 Å². The Morgan fingerprint density at radius 2 is 1.97 bits per heavy atom. The van der Waals surface area contributed by atoms with Gasteiger partial charge in [-0.3, -0.25) is 10.2 Å². The van der Waals surface area contributed by atoms with E-state index in [-0.39, 0.29) is 5.91 Å². The van der Waals surface area contributed by atoms with Gasteiger partial charge < -0.3 is 10.1 Å². The lowest BCUT2D eigenvalue weighted by atomic mass is 9.99. The highest BCUT2D eigenvalue weighted by Gasteiger charge is 2.16. The largest absolute Gasteiger partial charge is 0.366 e. The van der Waals surface area contributed by atoms with Crippen molar-refractivity contribution >= 4 is 63.6 Å². The van der Waals surface area contributed by atoms with Crippen LogP contribution in [0.2, 0.25) is 0 Å². The van der Waals surface area contributed by atoms with E-state index in [9.17, 15) is 9.59 Å². The Kier molecular flexibility index (Phi) is 10.4. The number of benzene rings is 2. The Labute approximate surface area is 212 Å². The molecule has 0 saturated heterocycles. The van der Waals surface area contributed by atoms with Crippen LogP contribution < -0.4 is 16.2 Å². The van der Waals surface area contributed by atoms with Gasteiger partial charge in [0.1, 0.15) is 10.6 Å². The van der Waals surface area contributed by atoms with E-state index >= 15 is 0 Å². The first-order valence-electron chi connectivity index (χ1n) is 10.3. The SMILES string of the molecule is CSCC[C@H](C=O)NNC(=O)c1ccc(SC(=S)NCc2cccs2)cc1-c1ccccc1. The van der Waals surface area contributed by atoms with Gasteiger partial charge in [0.2, 0.25) is 0 Å². The maximum Gasteiger partial charge on any atom is 0.266 e. The molecule has 0 unspecified atom stereocenters. The fourth-order valence-electron chi connectivity index (χ4n) is 3.00. The molecule has 1 atom stereocenters. The normalized spacial score (nSPS) is 11.5. The lowest BCUT2D eigenvalue weighted by molar-refractivity contribution is -0.109. The molecule has 1 amide bonds. The second kappa shape index (κ2) is 13.5. The highest BCUT2D eigenvalue weighted by molar-refractivity contribution is 8.23. The average Bonchev–Trinajstić information content (AvgIpc) is 3.37. The van der Waals surface area contributed by atoms with Crippen molar-refractivity contribution in [1.29, 1.82) is 0 Å². The zero-order valence-electron chi connectivity index (χ0n) is 18.1. The molecule has 0 radical (unpaired) electrons. The maximum absolute atomic E-state index is 13.0. The van der Waals surface area contributed by atoms with Crippen molar-refractivity contribution in [1.82, 2.24) is 16.2 Å². The van der Waals surface area contributed by atoms with Crippen LogP contribution in [0.4, 0.5) is 0 Å². The van der Waals surface area contributed by atoms with Crippen LogP contribution in [-0.2, 0) is 11.3 Å². The van der Waals surface area contributed by atoms with Gasteiger partial charge in [-0.25, -0.2) is 5.43 Å². The van der Waals surface area contributed by atoms with Crippen LogP contribution in [0, 0.1) is 0 Å². The van der Waals surface area contributed by atoms with Crippen LogP contribution in [-0.4, -0.2) is 34.6 Å². The first-order chi connectivity index (χ1) is 16.1. The molecule has 3 aromatic rings. The molecule has 0 spiro atoms. The Morgan fingerprint density at radius 3 is 2.67 bits per heavy atom. The lowest BCUT2D eigenvalue weighted by Gasteiger charge is -2.16. The number of hydrogen-bond donors (Lipinski definition) is 3. The molecule has 0 bridgehead atoms. The number of thiophene rings is 1. The number of rotatable bonds is 11. The number of thiocarbonyl (C=S) groups is 1. The summed E-state index contributed by atoms with van der Waals surface area (Å²) in [4.78, 5) is 26.4. The predicted octanol–water partition coefficient (Wildman–Crippen LogP) is 5.14. The molecule has 0 saturated carbocycles. The number of hydrogen-bond acceptors (Lipinski definition) is 7. The van der Waals surface area contributed by atoms with Gasteiger partial charge in [-0.1, -0.05) is 60.4 Å². The monoisotopic (exact) mass is 515 g/mol. The van der Waals surface area contributed by atoms with Gasteiger partial charge in [-0.05, 0) is 59.2 Å². The topological polar surface area (TPSA) is 70.2 Å². The molecule has 0 aliphatic rings. The van der Waals surface area contributed by atoms with Crippen LogP contribution in [0.25, 0.3) is 11.1 Å². The van der Waals surface area contributed by atoms with E-state index in [4.69, 9.17) is 12.2 Å². The summed E-state index contributed by atoms with van der Waals surface area (Å²) in [6.07, 6.45) is 3.44. The molecule has 1 aromatic heterocycles. The molecule has 0 aliphatic heterocycles. The van der Waals surface area contributed by atoms with Crippen molar-refractivity contribution in [2.24, 2.45) is 0 Å². The summed E-state index contributed by atoms with van der Waals surface area (Å²) in [7, 11) is 0. The second-order valence-corrected chi connectivity index (χ2v) is 10.8. The third-order valence-electron chi connectivity index (χ3n) is 4.69. The molecular formula is C24H25N3O2S4. The zero-order chi connectivity index (χ0) is 23.5. The van der Waals surface area contributed by atoms with E-state index in [0.717, 1.165) is 28.1 Å². The average molecular weight is 516 g/mol. The Hall–Kier alpha value is -2.17. The number of aldehydes is 1. The molecule has 0 fully saturated rings. The quantitative estimate of drug-likeness (QED) is 0.141. The molecule has 5 nitrogen and oxygen atoms in total.